The largest absolute Gasteiger partial charge is 0.436 e. The molecule has 3 aliphatic heterocycles. The van der Waals surface area contributed by atoms with Crippen LogP contribution in [0.5, 0.6) is 0 Å². The monoisotopic (exact) mass is 650 g/mol. The first-order valence-corrected chi connectivity index (χ1v) is 18.0. The molecule has 0 radical (unpaired) electrons. The van der Waals surface area contributed by atoms with Gasteiger partial charge in [0, 0.05) is 11.1 Å². The molecule has 4 aliphatic rings. The summed E-state index contributed by atoms with van der Waals surface area (Å²) in [4.78, 5) is 2.45. The topological polar surface area (TPSA) is 6.48 Å². The van der Waals surface area contributed by atoms with Gasteiger partial charge < -0.3 is 9.53 Å². The molecule has 51 heavy (non-hydrogen) atoms. The van der Waals surface area contributed by atoms with Crippen molar-refractivity contribution in [3.63, 3.8) is 0 Å². The van der Waals surface area contributed by atoms with E-state index in [0.29, 0.717) is 0 Å². The molecular weight excluding hydrogens is 614 g/mol. The third-order valence-corrected chi connectivity index (χ3v) is 11.3. The number of hydrogen-bond acceptors (Lipinski definition) is 2. The lowest BCUT2D eigenvalue weighted by molar-refractivity contribution is 0.660. The van der Waals surface area contributed by atoms with Crippen LogP contribution in [0.15, 0.2) is 182 Å². The summed E-state index contributed by atoms with van der Waals surface area (Å²) < 4.78 is 2.56. The Morgan fingerprint density at radius 2 is 1.14 bits per heavy atom. The smallest absolute Gasteiger partial charge is 0.395 e. The van der Waals surface area contributed by atoms with Crippen molar-refractivity contribution in [2.45, 2.75) is 19.3 Å². The molecule has 0 spiro atoms. The molecule has 0 aromatic heterocycles. The highest BCUT2D eigenvalue weighted by atomic mass is 15.2. The lowest BCUT2D eigenvalue weighted by Crippen LogP contribution is -2.64. The molecule has 0 bridgehead atoms. The van der Waals surface area contributed by atoms with Gasteiger partial charge in [-0.05, 0) is 115 Å². The van der Waals surface area contributed by atoms with Crippen LogP contribution >= 0.6 is 0 Å². The Labute approximate surface area is 301 Å². The predicted octanol–water partition coefficient (Wildman–Crippen LogP) is 10.6. The van der Waals surface area contributed by atoms with E-state index in [2.05, 4.69) is 205 Å². The average Bonchev–Trinajstić information content (AvgIpc) is 3.44. The summed E-state index contributed by atoms with van der Waals surface area (Å²) in [5.74, 6) is 4.77. The summed E-state index contributed by atoms with van der Waals surface area (Å²) in [5, 5.41) is 0. The van der Waals surface area contributed by atoms with Gasteiger partial charge in [-0.3, -0.25) is 0 Å². The molecule has 10 rings (SSSR count). The van der Waals surface area contributed by atoms with Crippen LogP contribution in [0.4, 0.5) is 5.69 Å². The van der Waals surface area contributed by atoms with Gasteiger partial charge in [0.2, 0.25) is 0 Å². The molecule has 1 aliphatic carbocycles. The van der Waals surface area contributed by atoms with Crippen molar-refractivity contribution in [3.05, 3.63) is 199 Å². The Balaban J connectivity index is 1.11. The van der Waals surface area contributed by atoms with Crippen LogP contribution in [-0.4, -0.2) is 18.6 Å². The minimum atomic E-state index is -0.0484. The van der Waals surface area contributed by atoms with E-state index in [1.807, 2.05) is 0 Å². The molecule has 4 heteroatoms. The van der Waals surface area contributed by atoms with Crippen molar-refractivity contribution in [1.82, 2.24) is 4.72 Å². The van der Waals surface area contributed by atoms with Crippen LogP contribution < -0.4 is 10.3 Å². The molecule has 0 unspecified atom stereocenters. The molecular formula is C47H36B2N2. The molecule has 240 valence electrons. The van der Waals surface area contributed by atoms with Gasteiger partial charge in [0.1, 0.15) is 0 Å². The van der Waals surface area contributed by atoms with Crippen LogP contribution in [0.25, 0.3) is 50.1 Å². The van der Waals surface area contributed by atoms with Crippen LogP contribution in [0.3, 0.4) is 0 Å². The molecule has 0 saturated heterocycles. The number of fused-ring (bicyclic) bond motifs is 10. The van der Waals surface area contributed by atoms with Crippen molar-refractivity contribution in [2.75, 3.05) is 4.81 Å². The molecule has 2 nitrogen and oxygen atoms in total. The zero-order chi connectivity index (χ0) is 34.1. The van der Waals surface area contributed by atoms with E-state index in [1.165, 1.54) is 77.9 Å². The van der Waals surface area contributed by atoms with E-state index < -0.39 is 0 Å². The summed E-state index contributed by atoms with van der Waals surface area (Å²) >= 11 is 0. The maximum Gasteiger partial charge on any atom is 0.395 e. The molecule has 6 aromatic carbocycles. The van der Waals surface area contributed by atoms with Crippen LogP contribution in [0.2, 0.25) is 0 Å². The number of anilines is 1. The average molecular weight is 650 g/mol. The Morgan fingerprint density at radius 3 is 1.86 bits per heavy atom. The van der Waals surface area contributed by atoms with Crippen molar-refractivity contribution < 1.29 is 0 Å². The fourth-order valence-electron chi connectivity index (χ4n) is 8.77. The van der Waals surface area contributed by atoms with E-state index in [9.17, 15) is 0 Å². The van der Waals surface area contributed by atoms with Gasteiger partial charge in [-0.25, -0.2) is 0 Å². The molecule has 0 saturated carbocycles. The quantitative estimate of drug-likeness (QED) is 0.175. The van der Waals surface area contributed by atoms with Crippen molar-refractivity contribution in [2.24, 2.45) is 0 Å². The second kappa shape index (κ2) is 11.5. The highest BCUT2D eigenvalue weighted by molar-refractivity contribution is 6.91. The van der Waals surface area contributed by atoms with Gasteiger partial charge in [0.25, 0.3) is 0 Å². The highest BCUT2D eigenvalue weighted by Gasteiger charge is 2.47. The molecule has 0 fully saturated rings. The molecule has 0 N–H and O–H groups in total. The first-order chi connectivity index (χ1) is 25.0. The number of benzene rings is 6. The normalized spacial score (nSPS) is 15.9. The minimum absolute atomic E-state index is 0.0484. The number of rotatable bonds is 4. The van der Waals surface area contributed by atoms with Gasteiger partial charge in [-0.1, -0.05) is 153 Å². The fraction of sp³-hybridized carbons (Fsp3) is 0.0638. The first-order valence-electron chi connectivity index (χ1n) is 18.0. The first kappa shape index (κ1) is 29.9. The summed E-state index contributed by atoms with van der Waals surface area (Å²) in [6, 6.07) is 51.2. The van der Waals surface area contributed by atoms with Crippen LogP contribution in [0.1, 0.15) is 30.5 Å². The maximum atomic E-state index is 2.56. The minimum Gasteiger partial charge on any atom is -0.436 e. The van der Waals surface area contributed by atoms with Crippen molar-refractivity contribution >= 4 is 30.6 Å². The van der Waals surface area contributed by atoms with E-state index in [-0.39, 0.29) is 19.2 Å². The van der Waals surface area contributed by atoms with Crippen LogP contribution in [0, 0.1) is 0 Å². The molecule has 0 amide bonds. The predicted molar refractivity (Wildman–Crippen MR) is 218 cm³/mol. The summed E-state index contributed by atoms with van der Waals surface area (Å²) in [5.41, 5.74) is 18.0. The third kappa shape index (κ3) is 4.74. The van der Waals surface area contributed by atoms with Crippen molar-refractivity contribution in [1.29, 1.82) is 0 Å². The third-order valence-electron chi connectivity index (χ3n) is 11.3. The molecule has 6 aromatic rings. The Kier molecular flexibility index (Phi) is 6.76. The fourth-order valence-corrected chi connectivity index (χ4v) is 8.77. The second-order valence-corrected chi connectivity index (χ2v) is 14.6. The Bertz CT molecular complexity index is 2460. The van der Waals surface area contributed by atoms with Gasteiger partial charge >= 0.3 is 13.8 Å². The lowest BCUT2D eigenvalue weighted by Gasteiger charge is -2.47. The highest BCUT2D eigenvalue weighted by Crippen LogP contribution is 2.50. The van der Waals surface area contributed by atoms with E-state index in [0.717, 1.165) is 0 Å². The van der Waals surface area contributed by atoms with Gasteiger partial charge in [0.05, 0.1) is 0 Å². The Hall–Kier alpha value is -5.99. The maximum absolute atomic E-state index is 2.56. The zero-order valence-electron chi connectivity index (χ0n) is 28.9. The number of hydrogen-bond donors (Lipinski definition) is 0. The van der Waals surface area contributed by atoms with Gasteiger partial charge in [-0.2, -0.15) is 0 Å². The SMILES string of the molecule is CC1(C)c2ccccc2-c2c1ccc1c2B2C=CC(c3cc(-c4ccccc4)cc(-c4ccc(-c5ccccc5)cc4)c3)=CN2B2C=CC=CN21. The van der Waals surface area contributed by atoms with E-state index in [4.69, 9.17) is 0 Å². The summed E-state index contributed by atoms with van der Waals surface area (Å²) in [6.45, 7) is 4.94. The van der Waals surface area contributed by atoms with Gasteiger partial charge in [0.15, 0.2) is 0 Å². The molecule has 3 heterocycles. The Morgan fingerprint density at radius 1 is 0.529 bits per heavy atom. The van der Waals surface area contributed by atoms with Crippen molar-refractivity contribution in [3.8, 4) is 44.5 Å². The van der Waals surface area contributed by atoms with E-state index >= 15 is 0 Å². The molecule has 0 atom stereocenters. The standard InChI is InChI=1S/C47H36B2N2/c1-47(2)42-18-10-9-17-41(42)45-43(47)23-24-44-46(45)48-27-25-37(32-51(48)49-26-11-12-28-50(44)49)40-30-38(34-15-7-4-8-16-34)29-39(31-40)36-21-19-35(20-22-36)33-13-5-3-6-14-33/h3-32H,1-2H3. The summed E-state index contributed by atoms with van der Waals surface area (Å²) in [7, 11) is 0. The second-order valence-electron chi connectivity index (χ2n) is 14.6. The summed E-state index contributed by atoms with van der Waals surface area (Å²) in [6.07, 6.45) is 11.4. The lowest BCUT2D eigenvalue weighted by atomic mass is 9.41. The van der Waals surface area contributed by atoms with Crippen LogP contribution in [-0.2, 0) is 5.41 Å². The number of nitrogens with zero attached hydrogens (tertiary/aromatic N) is 2. The van der Waals surface area contributed by atoms with E-state index in [1.54, 1.807) is 0 Å². The van der Waals surface area contributed by atoms with Gasteiger partial charge in [-0.15, -0.1) is 0 Å². The number of allylic oxidation sites excluding steroid dienone is 4. The zero-order valence-corrected chi connectivity index (χ0v) is 28.9.